The van der Waals surface area contributed by atoms with Crippen molar-refractivity contribution in [1.82, 2.24) is 0 Å². The summed E-state index contributed by atoms with van der Waals surface area (Å²) < 4.78 is 0. The summed E-state index contributed by atoms with van der Waals surface area (Å²) in [6, 6.07) is 8.47. The molecule has 18 heavy (non-hydrogen) atoms. The lowest BCUT2D eigenvalue weighted by atomic mass is 9.75. The average molecular weight is 263 g/mol. The summed E-state index contributed by atoms with van der Waals surface area (Å²) in [5, 5.41) is 0. The Morgan fingerprint density at radius 2 is 1.83 bits per heavy atom. The minimum absolute atomic E-state index is 0.109. The highest BCUT2D eigenvalue weighted by Crippen LogP contribution is 2.40. The van der Waals surface area contributed by atoms with Crippen LogP contribution in [0.5, 0.6) is 0 Å². The molecule has 3 heteroatoms. The van der Waals surface area contributed by atoms with E-state index in [1.54, 1.807) is 11.8 Å². The van der Waals surface area contributed by atoms with Gasteiger partial charge in [0.1, 0.15) is 0 Å². The highest BCUT2D eigenvalue weighted by Gasteiger charge is 2.37. The van der Waals surface area contributed by atoms with Crippen molar-refractivity contribution in [1.29, 1.82) is 0 Å². The van der Waals surface area contributed by atoms with Crippen LogP contribution in [0.25, 0.3) is 0 Å². The lowest BCUT2D eigenvalue weighted by Crippen LogP contribution is -2.40. The van der Waals surface area contributed by atoms with Crippen LogP contribution in [-0.2, 0) is 4.79 Å². The second kappa shape index (κ2) is 5.79. The summed E-state index contributed by atoms with van der Waals surface area (Å²) in [4.78, 5) is 13.0. The molecule has 0 unspecified atom stereocenters. The lowest BCUT2D eigenvalue weighted by molar-refractivity contribution is -0.128. The van der Waals surface area contributed by atoms with Crippen molar-refractivity contribution in [2.75, 3.05) is 5.75 Å². The molecule has 0 saturated heterocycles. The molecule has 0 heterocycles. The van der Waals surface area contributed by atoms with Gasteiger partial charge in [0.05, 0.1) is 5.41 Å². The Hall–Kier alpha value is -0.960. The summed E-state index contributed by atoms with van der Waals surface area (Å²) in [7, 11) is 0. The van der Waals surface area contributed by atoms with E-state index in [1.165, 1.54) is 16.9 Å². The van der Waals surface area contributed by atoms with E-state index in [4.69, 9.17) is 5.73 Å². The molecule has 0 aliphatic heterocycles. The highest BCUT2D eigenvalue weighted by molar-refractivity contribution is 7.99. The standard InChI is InChI=1S/C15H21NOS/c1-12-5-7-13(8-6-12)18-11-15(14(16)17)9-3-2-4-10-15/h5-8H,2-4,9-11H2,1H3,(H2,16,17). The molecule has 1 saturated carbocycles. The molecule has 2 N–H and O–H groups in total. The van der Waals surface area contributed by atoms with E-state index in [0.29, 0.717) is 0 Å². The van der Waals surface area contributed by atoms with Crippen molar-refractivity contribution in [2.24, 2.45) is 11.1 Å². The molecule has 1 aliphatic carbocycles. The summed E-state index contributed by atoms with van der Waals surface area (Å²) >= 11 is 1.76. The molecule has 2 rings (SSSR count). The minimum Gasteiger partial charge on any atom is -0.369 e. The zero-order valence-corrected chi connectivity index (χ0v) is 11.8. The van der Waals surface area contributed by atoms with E-state index in [2.05, 4.69) is 31.2 Å². The summed E-state index contributed by atoms with van der Waals surface area (Å²) in [5.74, 6) is 0.715. The molecule has 1 aromatic carbocycles. The number of thioether (sulfide) groups is 1. The van der Waals surface area contributed by atoms with Crippen molar-refractivity contribution in [2.45, 2.75) is 43.9 Å². The maximum Gasteiger partial charge on any atom is 0.224 e. The molecule has 98 valence electrons. The van der Waals surface area contributed by atoms with Crippen LogP contribution < -0.4 is 5.73 Å². The van der Waals surface area contributed by atoms with Gasteiger partial charge in [-0.25, -0.2) is 0 Å². The Labute approximate surface area is 113 Å². The summed E-state index contributed by atoms with van der Waals surface area (Å²) in [5.41, 5.74) is 6.63. The van der Waals surface area contributed by atoms with E-state index in [-0.39, 0.29) is 11.3 Å². The van der Waals surface area contributed by atoms with Gasteiger partial charge in [-0.3, -0.25) is 4.79 Å². The van der Waals surface area contributed by atoms with Gasteiger partial charge in [-0.05, 0) is 31.9 Å². The van der Waals surface area contributed by atoms with Gasteiger partial charge in [0.15, 0.2) is 0 Å². The van der Waals surface area contributed by atoms with Crippen molar-refractivity contribution in [3.8, 4) is 0 Å². The molecule has 1 aliphatic rings. The van der Waals surface area contributed by atoms with Crippen molar-refractivity contribution >= 4 is 17.7 Å². The molecular weight excluding hydrogens is 242 g/mol. The van der Waals surface area contributed by atoms with Gasteiger partial charge < -0.3 is 5.73 Å². The van der Waals surface area contributed by atoms with Crippen LogP contribution >= 0.6 is 11.8 Å². The Balaban J connectivity index is 2.01. The van der Waals surface area contributed by atoms with E-state index in [1.807, 2.05) is 0 Å². The molecule has 0 spiro atoms. The third-order valence-electron chi connectivity index (χ3n) is 3.87. The fraction of sp³-hybridized carbons (Fsp3) is 0.533. The SMILES string of the molecule is Cc1ccc(SCC2(C(N)=O)CCCCC2)cc1. The number of benzene rings is 1. The molecule has 1 fully saturated rings. The van der Waals surface area contributed by atoms with Crippen LogP contribution in [0.3, 0.4) is 0 Å². The van der Waals surface area contributed by atoms with Crippen LogP contribution in [0.1, 0.15) is 37.7 Å². The van der Waals surface area contributed by atoms with Crippen molar-refractivity contribution in [3.63, 3.8) is 0 Å². The number of amides is 1. The van der Waals surface area contributed by atoms with E-state index >= 15 is 0 Å². The Morgan fingerprint density at radius 3 is 2.39 bits per heavy atom. The maximum atomic E-state index is 11.8. The Morgan fingerprint density at radius 1 is 1.22 bits per heavy atom. The van der Waals surface area contributed by atoms with Crippen LogP contribution in [0.15, 0.2) is 29.2 Å². The maximum absolute atomic E-state index is 11.8. The van der Waals surface area contributed by atoms with Crippen LogP contribution in [-0.4, -0.2) is 11.7 Å². The van der Waals surface area contributed by atoms with Gasteiger partial charge in [-0.2, -0.15) is 0 Å². The normalized spacial score (nSPS) is 18.5. The van der Waals surface area contributed by atoms with E-state index in [9.17, 15) is 4.79 Å². The predicted octanol–water partition coefficient (Wildman–Crippen LogP) is 3.52. The molecule has 1 amide bonds. The zero-order valence-electron chi connectivity index (χ0n) is 10.9. The first-order valence-corrected chi connectivity index (χ1v) is 7.60. The number of rotatable bonds is 4. The fourth-order valence-electron chi connectivity index (χ4n) is 2.55. The third-order valence-corrected chi connectivity index (χ3v) is 5.17. The van der Waals surface area contributed by atoms with Gasteiger partial charge in [0, 0.05) is 10.6 Å². The lowest BCUT2D eigenvalue weighted by Gasteiger charge is -2.33. The Kier molecular flexibility index (Phi) is 4.33. The molecule has 0 aromatic heterocycles. The molecule has 0 bridgehead atoms. The number of carbonyl (C=O) groups is 1. The summed E-state index contributed by atoms with van der Waals surface area (Å²) in [6.45, 7) is 2.08. The second-order valence-corrected chi connectivity index (χ2v) is 6.36. The minimum atomic E-state index is -0.270. The monoisotopic (exact) mass is 263 g/mol. The van der Waals surface area contributed by atoms with Crippen molar-refractivity contribution in [3.05, 3.63) is 29.8 Å². The number of hydrogen-bond donors (Lipinski definition) is 1. The van der Waals surface area contributed by atoms with Gasteiger partial charge >= 0.3 is 0 Å². The number of primary amides is 1. The molecule has 0 radical (unpaired) electrons. The average Bonchev–Trinajstić information content (AvgIpc) is 2.39. The topological polar surface area (TPSA) is 43.1 Å². The molecular formula is C15H21NOS. The fourth-order valence-corrected chi connectivity index (χ4v) is 3.75. The largest absolute Gasteiger partial charge is 0.369 e. The zero-order chi connectivity index (χ0) is 13.0. The van der Waals surface area contributed by atoms with E-state index in [0.717, 1.165) is 31.4 Å². The number of aryl methyl sites for hydroxylation is 1. The molecule has 1 aromatic rings. The van der Waals surface area contributed by atoms with Crippen LogP contribution in [0.4, 0.5) is 0 Å². The first kappa shape index (κ1) is 13.5. The van der Waals surface area contributed by atoms with Gasteiger partial charge in [-0.15, -0.1) is 11.8 Å². The second-order valence-electron chi connectivity index (χ2n) is 5.31. The van der Waals surface area contributed by atoms with Crippen LogP contribution in [0.2, 0.25) is 0 Å². The molecule has 0 atom stereocenters. The van der Waals surface area contributed by atoms with Gasteiger partial charge in [0.25, 0.3) is 0 Å². The first-order chi connectivity index (χ1) is 8.62. The number of hydrogen-bond acceptors (Lipinski definition) is 2. The summed E-state index contributed by atoms with van der Waals surface area (Å²) in [6.07, 6.45) is 5.43. The smallest absolute Gasteiger partial charge is 0.224 e. The van der Waals surface area contributed by atoms with E-state index < -0.39 is 0 Å². The van der Waals surface area contributed by atoms with Crippen molar-refractivity contribution < 1.29 is 4.79 Å². The van der Waals surface area contributed by atoms with Crippen LogP contribution in [0, 0.1) is 12.3 Å². The quantitative estimate of drug-likeness (QED) is 0.845. The molecule has 2 nitrogen and oxygen atoms in total. The Bertz CT molecular complexity index is 407. The number of nitrogens with two attached hydrogens (primary N) is 1. The first-order valence-electron chi connectivity index (χ1n) is 6.62. The van der Waals surface area contributed by atoms with Gasteiger partial charge in [-0.1, -0.05) is 37.0 Å². The van der Waals surface area contributed by atoms with Gasteiger partial charge in [0.2, 0.25) is 5.91 Å². The third kappa shape index (κ3) is 3.08. The predicted molar refractivity (Wildman–Crippen MR) is 76.6 cm³/mol. The highest BCUT2D eigenvalue weighted by atomic mass is 32.2. The number of carbonyl (C=O) groups excluding carboxylic acids is 1.